The highest BCUT2D eigenvalue weighted by molar-refractivity contribution is 5.92. The first-order valence-corrected chi connectivity index (χ1v) is 17.9. The molecule has 0 aliphatic rings. The van der Waals surface area contributed by atoms with Crippen LogP contribution in [-0.2, 0) is 32.0 Å². The fourth-order valence-electron chi connectivity index (χ4n) is 5.75. The van der Waals surface area contributed by atoms with Gasteiger partial charge in [0.2, 0.25) is 11.8 Å². The maximum atomic E-state index is 13.6. The molecule has 0 bridgehead atoms. The number of rotatable bonds is 24. The molecule has 2 aromatic rings. The van der Waals surface area contributed by atoms with E-state index < -0.39 is 12.0 Å². The molecule has 48 heavy (non-hydrogen) atoms. The van der Waals surface area contributed by atoms with Crippen LogP contribution in [-0.4, -0.2) is 54.1 Å². The van der Waals surface area contributed by atoms with Crippen LogP contribution in [0.2, 0.25) is 0 Å². The predicted octanol–water partition coefficient (Wildman–Crippen LogP) is 6.23. The summed E-state index contributed by atoms with van der Waals surface area (Å²) >= 11 is 0. The number of hydrogen-bond acceptors (Lipinski definition) is 5. The summed E-state index contributed by atoms with van der Waals surface area (Å²) in [7, 11) is 0. The minimum absolute atomic E-state index is 0.0373. The van der Waals surface area contributed by atoms with Crippen molar-refractivity contribution >= 4 is 29.4 Å². The maximum absolute atomic E-state index is 13.6. The summed E-state index contributed by atoms with van der Waals surface area (Å²) < 4.78 is 0. The molecule has 0 aliphatic carbocycles. The molecule has 0 spiro atoms. The van der Waals surface area contributed by atoms with E-state index in [-0.39, 0.29) is 60.8 Å². The van der Waals surface area contributed by atoms with Crippen LogP contribution < -0.4 is 21.3 Å². The Hall–Kier alpha value is -4.01. The van der Waals surface area contributed by atoms with E-state index in [0.717, 1.165) is 49.7 Å². The van der Waals surface area contributed by atoms with Crippen molar-refractivity contribution in [3.8, 4) is 0 Å². The van der Waals surface area contributed by atoms with Crippen LogP contribution in [0, 0.1) is 5.92 Å². The van der Waals surface area contributed by atoms with Crippen molar-refractivity contribution in [2.75, 3.05) is 6.54 Å². The monoisotopic (exact) mass is 662 g/mol. The van der Waals surface area contributed by atoms with Gasteiger partial charge in [0.1, 0.15) is 5.78 Å². The normalized spacial score (nSPS) is 13.4. The molecule has 2 rings (SSSR count). The molecule has 9 heteroatoms. The zero-order valence-electron chi connectivity index (χ0n) is 29.5. The summed E-state index contributed by atoms with van der Waals surface area (Å²) in [5.41, 5.74) is 1.89. The summed E-state index contributed by atoms with van der Waals surface area (Å²) in [6, 6.07) is 18.4. The van der Waals surface area contributed by atoms with Crippen LogP contribution in [0.25, 0.3) is 0 Å². The summed E-state index contributed by atoms with van der Waals surface area (Å²) in [4.78, 5) is 64.2. The van der Waals surface area contributed by atoms with E-state index in [1.165, 1.54) is 0 Å². The molecule has 0 heterocycles. The Labute approximate surface area is 287 Å². The molecule has 0 aliphatic heterocycles. The first kappa shape index (κ1) is 40.2. The number of Topliss-reactive ketones (excluding diaryl/α,β-unsaturated/α-hetero) is 2. The maximum Gasteiger partial charge on any atom is 0.315 e. The van der Waals surface area contributed by atoms with Crippen molar-refractivity contribution in [1.82, 2.24) is 21.3 Å². The van der Waals surface area contributed by atoms with Gasteiger partial charge >= 0.3 is 6.03 Å². The molecular weight excluding hydrogens is 604 g/mol. The fraction of sp³-hybridized carbons (Fsp3) is 0.564. The van der Waals surface area contributed by atoms with Crippen LogP contribution in [0.3, 0.4) is 0 Å². The lowest BCUT2D eigenvalue weighted by Gasteiger charge is -2.22. The van der Waals surface area contributed by atoms with Crippen molar-refractivity contribution in [3.63, 3.8) is 0 Å². The molecule has 3 unspecified atom stereocenters. The van der Waals surface area contributed by atoms with Gasteiger partial charge in [-0.3, -0.25) is 19.2 Å². The van der Waals surface area contributed by atoms with Gasteiger partial charge in [-0.25, -0.2) is 4.79 Å². The van der Waals surface area contributed by atoms with E-state index >= 15 is 0 Å². The molecular formula is C39H58N4O5. The molecule has 0 aromatic heterocycles. The molecule has 0 fully saturated rings. The van der Waals surface area contributed by atoms with Gasteiger partial charge in [0.15, 0.2) is 5.78 Å². The lowest BCUT2D eigenvalue weighted by molar-refractivity contribution is -0.132. The summed E-state index contributed by atoms with van der Waals surface area (Å²) in [6.07, 6.45) is 7.20. The number of nitrogens with one attached hydrogen (secondary N) is 4. The van der Waals surface area contributed by atoms with Gasteiger partial charge in [-0.2, -0.15) is 0 Å². The smallest absolute Gasteiger partial charge is 0.315 e. The number of ketones is 2. The number of unbranched alkanes of at least 4 members (excludes halogenated alkanes) is 1. The lowest BCUT2D eigenvalue weighted by atomic mass is 9.91. The summed E-state index contributed by atoms with van der Waals surface area (Å²) in [6.45, 7) is 8.54. The Balaban J connectivity index is 1.85. The van der Waals surface area contributed by atoms with Crippen LogP contribution >= 0.6 is 0 Å². The van der Waals surface area contributed by atoms with Gasteiger partial charge in [-0.15, -0.1) is 0 Å². The molecule has 0 saturated heterocycles. The number of urea groups is 1. The third-order valence-electron chi connectivity index (χ3n) is 8.38. The number of carbonyl (C=O) groups is 5. The SMILES string of the molecule is CCCC(=O)CC(Cc1ccccc1)C(=O)N[C@H](Cc1ccccc1)C(=O)CCCC(=O)NCCCCC(C)NC(=O)NC(C)CCC. The zero-order chi connectivity index (χ0) is 35.1. The summed E-state index contributed by atoms with van der Waals surface area (Å²) in [5, 5.41) is 11.8. The molecule has 4 N–H and O–H groups in total. The van der Waals surface area contributed by atoms with Gasteiger partial charge in [0.05, 0.1) is 6.04 Å². The summed E-state index contributed by atoms with van der Waals surface area (Å²) in [5.74, 6) is -1.08. The predicted molar refractivity (Wildman–Crippen MR) is 191 cm³/mol. The minimum atomic E-state index is -0.755. The third-order valence-corrected chi connectivity index (χ3v) is 8.38. The molecule has 4 amide bonds. The number of benzene rings is 2. The van der Waals surface area contributed by atoms with Gasteiger partial charge < -0.3 is 21.3 Å². The van der Waals surface area contributed by atoms with E-state index in [0.29, 0.717) is 32.2 Å². The molecule has 0 radical (unpaired) electrons. The standard InChI is InChI=1S/C39H58N4O5/c1-5-16-29(3)41-39(48)42-30(4)18-13-14-25-40-37(46)24-15-23-36(45)35(27-32-21-11-8-12-22-32)43-38(47)33(28-34(44)17-6-2)26-31-19-9-7-10-20-31/h7-12,19-22,29-30,33,35H,5-6,13-18,23-28H2,1-4H3,(H,40,46)(H,43,47)(H2,41,42,48)/t29?,30?,33?,35-/m1/s1. The molecule has 2 aromatic carbocycles. The van der Waals surface area contributed by atoms with E-state index in [2.05, 4.69) is 28.2 Å². The Morgan fingerprint density at radius 2 is 1.25 bits per heavy atom. The second-order valence-electron chi connectivity index (χ2n) is 13.0. The van der Waals surface area contributed by atoms with Crippen LogP contribution in [0.15, 0.2) is 60.7 Å². The number of carbonyl (C=O) groups excluding carboxylic acids is 5. The average molecular weight is 663 g/mol. The Morgan fingerprint density at radius 1 is 0.646 bits per heavy atom. The highest BCUT2D eigenvalue weighted by Gasteiger charge is 2.27. The molecule has 264 valence electrons. The Kier molecular flexibility index (Phi) is 19.5. The van der Waals surface area contributed by atoms with Crippen molar-refractivity contribution in [2.45, 2.75) is 129 Å². The fourth-order valence-corrected chi connectivity index (χ4v) is 5.75. The first-order valence-electron chi connectivity index (χ1n) is 17.9. The topological polar surface area (TPSA) is 133 Å². The van der Waals surface area contributed by atoms with Gasteiger partial charge in [0, 0.05) is 50.2 Å². The van der Waals surface area contributed by atoms with E-state index in [9.17, 15) is 24.0 Å². The highest BCUT2D eigenvalue weighted by atomic mass is 16.2. The molecule has 9 nitrogen and oxygen atoms in total. The van der Waals surface area contributed by atoms with Crippen LogP contribution in [0.5, 0.6) is 0 Å². The zero-order valence-corrected chi connectivity index (χ0v) is 29.5. The molecule has 4 atom stereocenters. The first-order chi connectivity index (χ1) is 23.1. The van der Waals surface area contributed by atoms with Crippen LogP contribution in [0.1, 0.15) is 109 Å². The van der Waals surface area contributed by atoms with Crippen molar-refractivity contribution < 1.29 is 24.0 Å². The van der Waals surface area contributed by atoms with E-state index in [1.54, 1.807) is 0 Å². The van der Waals surface area contributed by atoms with Gasteiger partial charge in [-0.05, 0) is 76.3 Å². The van der Waals surface area contributed by atoms with E-state index in [4.69, 9.17) is 0 Å². The lowest BCUT2D eigenvalue weighted by Crippen LogP contribution is -2.45. The Morgan fingerprint density at radius 3 is 1.85 bits per heavy atom. The van der Waals surface area contributed by atoms with Crippen molar-refractivity contribution in [3.05, 3.63) is 71.8 Å². The number of amides is 4. The quantitative estimate of drug-likeness (QED) is 0.0989. The second kappa shape index (κ2) is 23.3. The Bertz CT molecular complexity index is 1250. The average Bonchev–Trinajstić information content (AvgIpc) is 3.05. The minimum Gasteiger partial charge on any atom is -0.356 e. The second-order valence-corrected chi connectivity index (χ2v) is 13.0. The van der Waals surface area contributed by atoms with Crippen molar-refractivity contribution in [1.29, 1.82) is 0 Å². The highest BCUT2D eigenvalue weighted by Crippen LogP contribution is 2.17. The van der Waals surface area contributed by atoms with E-state index in [1.807, 2.05) is 81.4 Å². The number of hydrogen-bond donors (Lipinski definition) is 4. The van der Waals surface area contributed by atoms with Gasteiger partial charge in [0.25, 0.3) is 0 Å². The molecule has 0 saturated carbocycles. The van der Waals surface area contributed by atoms with Crippen molar-refractivity contribution in [2.24, 2.45) is 5.92 Å². The van der Waals surface area contributed by atoms with Crippen LogP contribution in [0.4, 0.5) is 4.79 Å². The largest absolute Gasteiger partial charge is 0.356 e. The third kappa shape index (κ3) is 17.2. The van der Waals surface area contributed by atoms with Gasteiger partial charge in [-0.1, -0.05) is 80.9 Å².